The van der Waals surface area contributed by atoms with Gasteiger partial charge in [-0.1, -0.05) is 31.4 Å². The van der Waals surface area contributed by atoms with Gasteiger partial charge in [0.05, 0.1) is 6.42 Å². The molecular formula is C21H26FN3O5. The second kappa shape index (κ2) is 9.69. The van der Waals surface area contributed by atoms with Crippen LogP contribution >= 0.6 is 0 Å². The monoisotopic (exact) mass is 419 g/mol. The molecule has 0 aromatic heterocycles. The maximum Gasteiger partial charge on any atom is 0.325 e. The van der Waals surface area contributed by atoms with Crippen molar-refractivity contribution in [3.05, 3.63) is 35.6 Å². The summed E-state index contributed by atoms with van der Waals surface area (Å²) in [6.45, 7) is -0.184. The minimum Gasteiger partial charge on any atom is -0.456 e. The van der Waals surface area contributed by atoms with Gasteiger partial charge in [-0.25, -0.2) is 9.18 Å². The average molecular weight is 419 g/mol. The smallest absolute Gasteiger partial charge is 0.325 e. The summed E-state index contributed by atoms with van der Waals surface area (Å²) < 4.78 is 17.8. The van der Waals surface area contributed by atoms with Gasteiger partial charge < -0.3 is 15.4 Å². The van der Waals surface area contributed by atoms with Crippen LogP contribution in [0, 0.1) is 5.82 Å². The largest absolute Gasteiger partial charge is 0.456 e. The predicted octanol–water partition coefficient (Wildman–Crippen LogP) is 1.67. The van der Waals surface area contributed by atoms with E-state index in [9.17, 15) is 23.6 Å². The van der Waals surface area contributed by atoms with Crippen LogP contribution in [-0.2, 0) is 25.5 Å². The molecule has 1 spiro atoms. The molecule has 1 saturated heterocycles. The second-order valence-electron chi connectivity index (χ2n) is 7.67. The summed E-state index contributed by atoms with van der Waals surface area (Å²) in [5.41, 5.74) is 0.0573. The van der Waals surface area contributed by atoms with Crippen molar-refractivity contribution in [2.24, 2.45) is 0 Å². The van der Waals surface area contributed by atoms with E-state index in [0.717, 1.165) is 29.7 Å². The summed E-state index contributed by atoms with van der Waals surface area (Å²) in [6.07, 6.45) is 4.42. The summed E-state index contributed by atoms with van der Waals surface area (Å²) in [6, 6.07) is 5.48. The topological polar surface area (TPSA) is 105 Å². The number of rotatable bonds is 8. The Balaban J connectivity index is 1.34. The quantitative estimate of drug-likeness (QED) is 0.493. The highest BCUT2D eigenvalue weighted by Gasteiger charge is 2.51. The molecule has 8 nitrogen and oxygen atoms in total. The zero-order valence-corrected chi connectivity index (χ0v) is 16.7. The highest BCUT2D eigenvalue weighted by molar-refractivity contribution is 6.07. The van der Waals surface area contributed by atoms with Gasteiger partial charge in [0.2, 0.25) is 0 Å². The van der Waals surface area contributed by atoms with E-state index < -0.39 is 30.1 Å². The van der Waals surface area contributed by atoms with Gasteiger partial charge in [0.25, 0.3) is 11.8 Å². The van der Waals surface area contributed by atoms with Gasteiger partial charge >= 0.3 is 12.0 Å². The first-order valence-electron chi connectivity index (χ1n) is 10.2. The van der Waals surface area contributed by atoms with Crippen LogP contribution in [0.2, 0.25) is 0 Å². The molecule has 0 radical (unpaired) electrons. The van der Waals surface area contributed by atoms with E-state index in [2.05, 4.69) is 10.6 Å². The standard InChI is InChI=1S/C21H26FN3O5/c22-16-6-4-15(5-7-16)8-12-23-17(26)14-30-18(27)9-13-25-19(28)21(24-20(25)29)10-2-1-3-11-21/h4-7H,1-3,8-14H2,(H,23,26)(H,24,29). The molecule has 0 unspecified atom stereocenters. The van der Waals surface area contributed by atoms with Gasteiger partial charge in [-0.3, -0.25) is 19.3 Å². The molecule has 2 fully saturated rings. The Labute approximate surface area is 174 Å². The number of esters is 1. The highest BCUT2D eigenvalue weighted by atomic mass is 19.1. The molecule has 0 bridgehead atoms. The van der Waals surface area contributed by atoms with Crippen LogP contribution < -0.4 is 10.6 Å². The lowest BCUT2D eigenvalue weighted by Crippen LogP contribution is -2.48. The van der Waals surface area contributed by atoms with E-state index in [1.165, 1.54) is 12.1 Å². The number of carbonyl (C=O) groups excluding carboxylic acids is 4. The third kappa shape index (κ3) is 5.34. The lowest BCUT2D eigenvalue weighted by Gasteiger charge is -2.30. The van der Waals surface area contributed by atoms with E-state index in [0.29, 0.717) is 25.8 Å². The second-order valence-corrected chi connectivity index (χ2v) is 7.67. The molecular weight excluding hydrogens is 393 g/mol. The van der Waals surface area contributed by atoms with E-state index in [1.807, 2.05) is 0 Å². The summed E-state index contributed by atoms with van der Waals surface area (Å²) >= 11 is 0. The number of nitrogens with one attached hydrogen (secondary N) is 2. The highest BCUT2D eigenvalue weighted by Crippen LogP contribution is 2.33. The van der Waals surface area contributed by atoms with Crippen molar-refractivity contribution in [2.75, 3.05) is 19.7 Å². The minimum atomic E-state index is -0.816. The van der Waals surface area contributed by atoms with E-state index in [-0.39, 0.29) is 24.7 Å². The SMILES string of the molecule is O=C(COC(=O)CCN1C(=O)NC2(CCCCC2)C1=O)NCCc1ccc(F)cc1. The Bertz CT molecular complexity index is 805. The van der Waals surface area contributed by atoms with Gasteiger partial charge in [-0.05, 0) is 37.0 Å². The number of amides is 4. The molecule has 1 aliphatic heterocycles. The molecule has 1 saturated carbocycles. The van der Waals surface area contributed by atoms with E-state index in [4.69, 9.17) is 4.74 Å². The van der Waals surface area contributed by atoms with Crippen LogP contribution in [0.3, 0.4) is 0 Å². The Morgan fingerprint density at radius 3 is 2.53 bits per heavy atom. The summed E-state index contributed by atoms with van der Waals surface area (Å²) in [5, 5.41) is 5.40. The van der Waals surface area contributed by atoms with Crippen molar-refractivity contribution >= 4 is 23.8 Å². The molecule has 1 aliphatic carbocycles. The molecule has 162 valence electrons. The van der Waals surface area contributed by atoms with Crippen molar-refractivity contribution in [3.63, 3.8) is 0 Å². The van der Waals surface area contributed by atoms with Crippen molar-refractivity contribution in [3.8, 4) is 0 Å². The predicted molar refractivity (Wildman–Crippen MR) is 105 cm³/mol. The van der Waals surface area contributed by atoms with E-state index >= 15 is 0 Å². The van der Waals surface area contributed by atoms with Gasteiger partial charge in [0, 0.05) is 13.1 Å². The molecule has 0 atom stereocenters. The molecule has 3 rings (SSSR count). The number of imide groups is 1. The van der Waals surface area contributed by atoms with Gasteiger partial charge in [0.15, 0.2) is 6.61 Å². The molecule has 1 aromatic rings. The van der Waals surface area contributed by atoms with Crippen LogP contribution in [0.15, 0.2) is 24.3 Å². The lowest BCUT2D eigenvalue weighted by molar-refractivity contribution is -0.149. The molecule has 1 aromatic carbocycles. The van der Waals surface area contributed by atoms with Crippen molar-refractivity contribution in [1.82, 2.24) is 15.5 Å². The number of halogens is 1. The van der Waals surface area contributed by atoms with Gasteiger partial charge in [-0.2, -0.15) is 0 Å². The summed E-state index contributed by atoms with van der Waals surface area (Å²) in [4.78, 5) is 49.5. The van der Waals surface area contributed by atoms with Gasteiger partial charge in [0.1, 0.15) is 11.4 Å². The first-order valence-corrected chi connectivity index (χ1v) is 10.2. The maximum absolute atomic E-state index is 12.8. The fourth-order valence-electron chi connectivity index (χ4n) is 3.84. The zero-order valence-electron chi connectivity index (χ0n) is 16.7. The van der Waals surface area contributed by atoms with Crippen molar-refractivity contribution < 1.29 is 28.3 Å². The van der Waals surface area contributed by atoms with Crippen molar-refractivity contribution in [1.29, 1.82) is 0 Å². The molecule has 2 aliphatic rings. The molecule has 2 N–H and O–H groups in total. The fourth-order valence-corrected chi connectivity index (χ4v) is 3.84. The third-order valence-corrected chi connectivity index (χ3v) is 5.51. The maximum atomic E-state index is 12.8. The molecule has 9 heteroatoms. The van der Waals surface area contributed by atoms with Crippen LogP contribution in [0.5, 0.6) is 0 Å². The Hall–Kier alpha value is -2.97. The van der Waals surface area contributed by atoms with E-state index in [1.54, 1.807) is 12.1 Å². The summed E-state index contributed by atoms with van der Waals surface area (Å²) in [7, 11) is 0. The summed E-state index contributed by atoms with van der Waals surface area (Å²) in [5.74, 6) is -1.72. The van der Waals surface area contributed by atoms with Crippen molar-refractivity contribution in [2.45, 2.75) is 50.5 Å². The Morgan fingerprint density at radius 2 is 1.83 bits per heavy atom. The van der Waals surface area contributed by atoms with Crippen LogP contribution in [-0.4, -0.2) is 54.0 Å². The third-order valence-electron chi connectivity index (χ3n) is 5.51. The number of carbonyl (C=O) groups is 4. The Kier molecular flexibility index (Phi) is 7.02. The fraction of sp³-hybridized carbons (Fsp3) is 0.524. The number of nitrogens with zero attached hydrogens (tertiary/aromatic N) is 1. The van der Waals surface area contributed by atoms with Crippen LogP contribution in [0.1, 0.15) is 44.1 Å². The number of benzene rings is 1. The molecule has 4 amide bonds. The number of urea groups is 1. The zero-order chi connectivity index (χ0) is 21.6. The first-order chi connectivity index (χ1) is 14.4. The van der Waals surface area contributed by atoms with Gasteiger partial charge in [-0.15, -0.1) is 0 Å². The number of ether oxygens (including phenoxy) is 1. The Morgan fingerprint density at radius 1 is 1.13 bits per heavy atom. The minimum absolute atomic E-state index is 0.0720. The first kappa shape index (κ1) is 21.7. The number of hydrogen-bond acceptors (Lipinski definition) is 5. The average Bonchev–Trinajstić information content (AvgIpc) is 2.96. The lowest BCUT2D eigenvalue weighted by atomic mass is 9.82. The molecule has 30 heavy (non-hydrogen) atoms. The van der Waals surface area contributed by atoms with Crippen LogP contribution in [0.25, 0.3) is 0 Å². The normalized spacial score (nSPS) is 17.7. The number of hydrogen-bond donors (Lipinski definition) is 2. The molecule has 1 heterocycles. The van der Waals surface area contributed by atoms with Crippen LogP contribution in [0.4, 0.5) is 9.18 Å².